The van der Waals surface area contributed by atoms with E-state index >= 15 is 0 Å². The third-order valence-electron chi connectivity index (χ3n) is 5.64. The van der Waals surface area contributed by atoms with E-state index in [2.05, 4.69) is 32.2 Å². The summed E-state index contributed by atoms with van der Waals surface area (Å²) in [5.74, 6) is 2.23. The molecule has 5 nitrogen and oxygen atoms in total. The van der Waals surface area contributed by atoms with Crippen molar-refractivity contribution >= 4 is 11.3 Å². The summed E-state index contributed by atoms with van der Waals surface area (Å²) >= 11 is 1.66. The molecule has 2 fully saturated rings. The van der Waals surface area contributed by atoms with Gasteiger partial charge in [0, 0.05) is 30.1 Å². The molecule has 2 aromatic rings. The second-order valence-corrected chi connectivity index (χ2v) is 8.39. The van der Waals surface area contributed by atoms with Gasteiger partial charge in [-0.2, -0.15) is 16.3 Å². The van der Waals surface area contributed by atoms with Crippen LogP contribution in [0.4, 0.5) is 0 Å². The summed E-state index contributed by atoms with van der Waals surface area (Å²) in [6.07, 6.45) is 6.76. The Balaban J connectivity index is 1.32. The Kier molecular flexibility index (Phi) is 5.48. The van der Waals surface area contributed by atoms with Crippen LogP contribution >= 0.6 is 11.3 Å². The van der Waals surface area contributed by atoms with Crippen molar-refractivity contribution in [1.29, 1.82) is 0 Å². The molecule has 0 radical (unpaired) electrons. The van der Waals surface area contributed by atoms with Crippen LogP contribution in [0.25, 0.3) is 11.4 Å². The lowest BCUT2D eigenvalue weighted by Crippen LogP contribution is -2.45. The van der Waals surface area contributed by atoms with Gasteiger partial charge in [-0.3, -0.25) is 4.90 Å². The van der Waals surface area contributed by atoms with E-state index < -0.39 is 0 Å². The van der Waals surface area contributed by atoms with Gasteiger partial charge in [0.05, 0.1) is 6.54 Å². The van der Waals surface area contributed by atoms with Crippen molar-refractivity contribution < 1.29 is 4.52 Å². The molecule has 2 aliphatic heterocycles. The zero-order valence-corrected chi connectivity index (χ0v) is 15.9. The lowest BCUT2D eigenvalue weighted by atomic mass is 9.95. The van der Waals surface area contributed by atoms with Gasteiger partial charge in [-0.15, -0.1) is 0 Å². The van der Waals surface area contributed by atoms with Gasteiger partial charge in [0.25, 0.3) is 0 Å². The summed E-state index contributed by atoms with van der Waals surface area (Å²) in [6.45, 7) is 8.00. The molecule has 0 saturated carbocycles. The molecular weight excluding hydrogens is 332 g/mol. The summed E-state index contributed by atoms with van der Waals surface area (Å²) in [5, 5.41) is 8.24. The third-order valence-corrected chi connectivity index (χ3v) is 6.33. The quantitative estimate of drug-likeness (QED) is 0.809. The standard InChI is InChI=1S/C19H28N4OS/c1-15-5-2-3-9-23(15)12-16-6-4-8-22(11-16)13-18-20-19(21-24-18)17-7-10-25-14-17/h7,10,14-16H,2-6,8-9,11-13H2,1H3. The van der Waals surface area contributed by atoms with Gasteiger partial charge >= 0.3 is 0 Å². The monoisotopic (exact) mass is 360 g/mol. The summed E-state index contributed by atoms with van der Waals surface area (Å²) in [6, 6.07) is 2.80. The van der Waals surface area contributed by atoms with Gasteiger partial charge in [-0.1, -0.05) is 11.6 Å². The number of thiophene rings is 1. The molecule has 136 valence electrons. The maximum atomic E-state index is 5.48. The van der Waals surface area contributed by atoms with Crippen LogP contribution in [0, 0.1) is 5.92 Å². The molecule has 2 saturated heterocycles. The maximum Gasteiger partial charge on any atom is 0.241 e. The van der Waals surface area contributed by atoms with E-state index in [1.165, 1.54) is 45.2 Å². The first kappa shape index (κ1) is 17.2. The largest absolute Gasteiger partial charge is 0.338 e. The smallest absolute Gasteiger partial charge is 0.241 e. The lowest BCUT2D eigenvalue weighted by molar-refractivity contribution is 0.0866. The van der Waals surface area contributed by atoms with Crippen molar-refractivity contribution in [2.24, 2.45) is 5.92 Å². The molecule has 0 aliphatic carbocycles. The molecule has 0 spiro atoms. The zero-order chi connectivity index (χ0) is 17.1. The highest BCUT2D eigenvalue weighted by Crippen LogP contribution is 2.24. The van der Waals surface area contributed by atoms with E-state index in [4.69, 9.17) is 4.52 Å². The summed E-state index contributed by atoms with van der Waals surface area (Å²) in [7, 11) is 0. The van der Waals surface area contributed by atoms with Crippen LogP contribution in [0.1, 0.15) is 44.9 Å². The van der Waals surface area contributed by atoms with Gasteiger partial charge in [0.1, 0.15) is 0 Å². The number of likely N-dealkylation sites (tertiary alicyclic amines) is 2. The molecule has 2 atom stereocenters. The summed E-state index contributed by atoms with van der Waals surface area (Å²) in [5.41, 5.74) is 1.05. The first-order chi connectivity index (χ1) is 12.3. The van der Waals surface area contributed by atoms with E-state index in [-0.39, 0.29) is 0 Å². The first-order valence-electron chi connectivity index (χ1n) is 9.59. The average Bonchev–Trinajstić information content (AvgIpc) is 3.29. The Morgan fingerprint density at radius 1 is 1.24 bits per heavy atom. The molecule has 6 heteroatoms. The fraction of sp³-hybridized carbons (Fsp3) is 0.684. The Morgan fingerprint density at radius 3 is 3.04 bits per heavy atom. The van der Waals surface area contributed by atoms with Crippen LogP contribution < -0.4 is 0 Å². The van der Waals surface area contributed by atoms with Crippen molar-refractivity contribution in [2.45, 2.75) is 51.6 Å². The Hall–Kier alpha value is -1.24. The number of hydrogen-bond acceptors (Lipinski definition) is 6. The molecule has 2 aromatic heterocycles. The molecule has 0 amide bonds. The van der Waals surface area contributed by atoms with Crippen molar-refractivity contribution in [3.05, 3.63) is 22.7 Å². The normalized spacial score (nSPS) is 26.1. The van der Waals surface area contributed by atoms with Gasteiger partial charge in [0.2, 0.25) is 11.7 Å². The lowest BCUT2D eigenvalue weighted by Gasteiger charge is -2.39. The Labute approximate surface area is 154 Å². The van der Waals surface area contributed by atoms with Gasteiger partial charge in [-0.05, 0) is 63.1 Å². The Morgan fingerprint density at radius 2 is 2.20 bits per heavy atom. The number of nitrogens with zero attached hydrogens (tertiary/aromatic N) is 4. The fourth-order valence-electron chi connectivity index (χ4n) is 4.22. The van der Waals surface area contributed by atoms with E-state index in [0.717, 1.165) is 43.0 Å². The molecule has 0 N–H and O–H groups in total. The van der Waals surface area contributed by atoms with Crippen LogP contribution in [0.5, 0.6) is 0 Å². The molecule has 0 aromatic carbocycles. The Bertz CT molecular complexity index is 656. The molecule has 0 bridgehead atoms. The van der Waals surface area contributed by atoms with Crippen LogP contribution in [0.15, 0.2) is 21.3 Å². The minimum absolute atomic E-state index is 0.715. The van der Waals surface area contributed by atoms with Crippen LogP contribution in [0.2, 0.25) is 0 Å². The SMILES string of the molecule is CC1CCCCN1CC1CCCN(Cc2nc(-c3ccsc3)no2)C1. The average molecular weight is 361 g/mol. The van der Waals surface area contributed by atoms with Gasteiger partial charge in [-0.25, -0.2) is 0 Å². The molecular formula is C19H28N4OS. The van der Waals surface area contributed by atoms with Crippen LogP contribution in [0.3, 0.4) is 0 Å². The predicted molar refractivity (Wildman–Crippen MR) is 100 cm³/mol. The molecule has 4 heterocycles. The molecule has 4 rings (SSSR count). The minimum atomic E-state index is 0.715. The van der Waals surface area contributed by atoms with Crippen molar-refractivity contribution in [3.63, 3.8) is 0 Å². The maximum absolute atomic E-state index is 5.48. The highest BCUT2D eigenvalue weighted by molar-refractivity contribution is 7.08. The fourth-order valence-corrected chi connectivity index (χ4v) is 4.86. The van der Waals surface area contributed by atoms with Crippen molar-refractivity contribution in [2.75, 3.05) is 26.2 Å². The number of hydrogen-bond donors (Lipinski definition) is 0. The first-order valence-corrected chi connectivity index (χ1v) is 10.5. The zero-order valence-electron chi connectivity index (χ0n) is 15.1. The molecule has 25 heavy (non-hydrogen) atoms. The van der Waals surface area contributed by atoms with Crippen LogP contribution in [-0.2, 0) is 6.54 Å². The second-order valence-electron chi connectivity index (χ2n) is 7.61. The van der Waals surface area contributed by atoms with E-state index in [1.54, 1.807) is 11.3 Å². The van der Waals surface area contributed by atoms with Gasteiger partial charge in [0.15, 0.2) is 0 Å². The topological polar surface area (TPSA) is 45.4 Å². The number of rotatable bonds is 5. The van der Waals surface area contributed by atoms with E-state index in [1.807, 2.05) is 11.4 Å². The highest BCUT2D eigenvalue weighted by atomic mass is 32.1. The summed E-state index contributed by atoms with van der Waals surface area (Å²) < 4.78 is 5.48. The van der Waals surface area contributed by atoms with E-state index in [9.17, 15) is 0 Å². The highest BCUT2D eigenvalue weighted by Gasteiger charge is 2.26. The molecule has 2 unspecified atom stereocenters. The number of piperidine rings is 2. The molecule has 2 aliphatic rings. The summed E-state index contributed by atoms with van der Waals surface area (Å²) in [4.78, 5) is 9.78. The van der Waals surface area contributed by atoms with Crippen molar-refractivity contribution in [1.82, 2.24) is 19.9 Å². The van der Waals surface area contributed by atoms with Gasteiger partial charge < -0.3 is 9.42 Å². The third kappa shape index (κ3) is 4.30. The van der Waals surface area contributed by atoms with Crippen molar-refractivity contribution in [3.8, 4) is 11.4 Å². The number of aromatic nitrogens is 2. The van der Waals surface area contributed by atoms with E-state index in [0.29, 0.717) is 5.82 Å². The minimum Gasteiger partial charge on any atom is -0.338 e. The van der Waals surface area contributed by atoms with Crippen LogP contribution in [-0.4, -0.2) is 52.2 Å². The second kappa shape index (κ2) is 7.98. The predicted octanol–water partition coefficient (Wildman–Crippen LogP) is 3.88.